The molecule has 0 rings (SSSR count). The zero-order valence-corrected chi connectivity index (χ0v) is 9.11. The van der Waals surface area contributed by atoms with Crippen molar-refractivity contribution in [3.63, 3.8) is 0 Å². The van der Waals surface area contributed by atoms with Crippen molar-refractivity contribution in [1.29, 1.82) is 0 Å². The van der Waals surface area contributed by atoms with Gasteiger partial charge in [-0.15, -0.1) is 0 Å². The summed E-state index contributed by atoms with van der Waals surface area (Å²) in [7, 11) is -2.58. The summed E-state index contributed by atoms with van der Waals surface area (Å²) in [5.41, 5.74) is 0. The molecule has 0 spiro atoms. The van der Waals surface area contributed by atoms with Crippen molar-refractivity contribution in [2.75, 3.05) is 26.0 Å². The molecule has 0 aromatic rings. The van der Waals surface area contributed by atoms with E-state index >= 15 is 0 Å². The maximum atomic E-state index is 11.8. The van der Waals surface area contributed by atoms with E-state index in [1.54, 1.807) is 0 Å². The topological polar surface area (TPSA) is 57.6 Å². The number of hydrogen-bond acceptors (Lipinski definition) is 3. The Morgan fingerprint density at radius 1 is 1.33 bits per heavy atom. The SMILES string of the molecule is CN(CCC(F)(F)F)S(=O)(=O)CCCO. The standard InChI is InChI=1S/C7H14F3NO3S/c1-11(4-3-7(8,9)10)15(13,14)6-2-5-12/h12H,2-6H2,1H3. The molecule has 0 fully saturated rings. The average Bonchev–Trinajstić information content (AvgIpc) is 2.09. The summed E-state index contributed by atoms with van der Waals surface area (Å²) >= 11 is 0. The van der Waals surface area contributed by atoms with Crippen LogP contribution in [0.3, 0.4) is 0 Å². The average molecular weight is 249 g/mol. The normalized spacial score (nSPS) is 13.5. The highest BCUT2D eigenvalue weighted by Gasteiger charge is 2.29. The van der Waals surface area contributed by atoms with Crippen LogP contribution in [-0.2, 0) is 10.0 Å². The molecule has 0 aliphatic carbocycles. The van der Waals surface area contributed by atoms with Gasteiger partial charge in [0.05, 0.1) is 12.2 Å². The van der Waals surface area contributed by atoms with Gasteiger partial charge in [-0.2, -0.15) is 13.2 Å². The van der Waals surface area contributed by atoms with E-state index < -0.39 is 29.2 Å². The monoisotopic (exact) mass is 249 g/mol. The molecule has 0 heterocycles. The largest absolute Gasteiger partial charge is 0.396 e. The predicted octanol–water partition coefficient (Wildman–Crippen LogP) is 0.583. The van der Waals surface area contributed by atoms with Crippen LogP contribution in [0.25, 0.3) is 0 Å². The second-order valence-corrected chi connectivity index (χ2v) is 5.28. The Labute approximate surface area is 86.7 Å². The Morgan fingerprint density at radius 3 is 2.27 bits per heavy atom. The van der Waals surface area contributed by atoms with Crippen LogP contribution in [0.1, 0.15) is 12.8 Å². The van der Waals surface area contributed by atoms with Gasteiger partial charge in [0, 0.05) is 20.2 Å². The van der Waals surface area contributed by atoms with Gasteiger partial charge < -0.3 is 5.11 Å². The number of rotatable bonds is 6. The van der Waals surface area contributed by atoms with E-state index in [9.17, 15) is 21.6 Å². The van der Waals surface area contributed by atoms with E-state index in [4.69, 9.17) is 5.11 Å². The number of aliphatic hydroxyl groups is 1. The molecule has 92 valence electrons. The summed E-state index contributed by atoms with van der Waals surface area (Å²) in [5.74, 6) is -0.335. The van der Waals surface area contributed by atoms with Gasteiger partial charge in [-0.1, -0.05) is 0 Å². The van der Waals surface area contributed by atoms with Crippen LogP contribution in [0, 0.1) is 0 Å². The number of alkyl halides is 3. The van der Waals surface area contributed by atoms with Crippen LogP contribution in [-0.4, -0.2) is 50.0 Å². The highest BCUT2D eigenvalue weighted by molar-refractivity contribution is 7.89. The molecular formula is C7H14F3NO3S. The third-order valence-corrected chi connectivity index (χ3v) is 3.68. The van der Waals surface area contributed by atoms with Gasteiger partial charge in [0.25, 0.3) is 0 Å². The van der Waals surface area contributed by atoms with Gasteiger partial charge in [0.15, 0.2) is 0 Å². The van der Waals surface area contributed by atoms with Gasteiger partial charge in [-0.25, -0.2) is 12.7 Å². The van der Waals surface area contributed by atoms with Crippen LogP contribution in [0.2, 0.25) is 0 Å². The fourth-order valence-corrected chi connectivity index (χ4v) is 2.00. The molecular weight excluding hydrogens is 235 g/mol. The second kappa shape index (κ2) is 5.66. The van der Waals surface area contributed by atoms with Crippen LogP contribution < -0.4 is 0 Å². The highest BCUT2D eigenvalue weighted by atomic mass is 32.2. The van der Waals surface area contributed by atoms with E-state index in [2.05, 4.69) is 0 Å². The minimum atomic E-state index is -4.36. The summed E-state index contributed by atoms with van der Waals surface area (Å²) in [6.07, 6.45) is -5.50. The van der Waals surface area contributed by atoms with Crippen molar-refractivity contribution in [3.05, 3.63) is 0 Å². The zero-order valence-electron chi connectivity index (χ0n) is 8.29. The minimum absolute atomic E-state index is 0.0265. The molecule has 1 N–H and O–H groups in total. The Bertz CT molecular complexity index is 276. The summed E-state index contributed by atoms with van der Waals surface area (Å²) in [6, 6.07) is 0. The Hall–Kier alpha value is -0.340. The molecule has 0 radical (unpaired) electrons. The minimum Gasteiger partial charge on any atom is -0.396 e. The van der Waals surface area contributed by atoms with E-state index in [-0.39, 0.29) is 18.8 Å². The quantitative estimate of drug-likeness (QED) is 0.749. The fourth-order valence-electron chi connectivity index (χ4n) is 0.826. The molecule has 4 nitrogen and oxygen atoms in total. The third-order valence-electron chi connectivity index (χ3n) is 1.75. The van der Waals surface area contributed by atoms with Crippen LogP contribution in [0.5, 0.6) is 0 Å². The fraction of sp³-hybridized carbons (Fsp3) is 1.00. The van der Waals surface area contributed by atoms with Crippen molar-refractivity contribution in [2.24, 2.45) is 0 Å². The maximum absolute atomic E-state index is 11.8. The van der Waals surface area contributed by atoms with Crippen molar-refractivity contribution in [2.45, 2.75) is 19.0 Å². The smallest absolute Gasteiger partial charge is 0.390 e. The first-order valence-corrected chi connectivity index (χ1v) is 5.91. The van der Waals surface area contributed by atoms with Crippen LogP contribution in [0.15, 0.2) is 0 Å². The number of nitrogens with zero attached hydrogens (tertiary/aromatic N) is 1. The number of sulfonamides is 1. The van der Waals surface area contributed by atoms with Crippen LogP contribution >= 0.6 is 0 Å². The molecule has 0 aromatic carbocycles. The number of aliphatic hydroxyl groups excluding tert-OH is 1. The van der Waals surface area contributed by atoms with Crippen molar-refractivity contribution < 1.29 is 26.7 Å². The summed E-state index contributed by atoms with van der Waals surface area (Å²) in [4.78, 5) is 0. The molecule has 0 amide bonds. The molecule has 0 saturated carbocycles. The van der Waals surface area contributed by atoms with E-state index in [1.165, 1.54) is 0 Å². The number of hydrogen-bond donors (Lipinski definition) is 1. The second-order valence-electron chi connectivity index (χ2n) is 3.08. The first-order valence-electron chi connectivity index (χ1n) is 4.30. The molecule has 0 aliphatic heterocycles. The van der Waals surface area contributed by atoms with E-state index in [0.29, 0.717) is 4.31 Å². The lowest BCUT2D eigenvalue weighted by Crippen LogP contribution is -2.32. The zero-order chi connectivity index (χ0) is 12.1. The predicted molar refractivity (Wildman–Crippen MR) is 48.8 cm³/mol. The molecule has 0 saturated heterocycles. The molecule has 0 aromatic heterocycles. The summed E-state index contributed by atoms with van der Waals surface area (Å²) in [5, 5.41) is 8.41. The highest BCUT2D eigenvalue weighted by Crippen LogP contribution is 2.20. The van der Waals surface area contributed by atoms with Crippen molar-refractivity contribution in [3.8, 4) is 0 Å². The molecule has 0 unspecified atom stereocenters. The van der Waals surface area contributed by atoms with E-state index in [0.717, 1.165) is 7.05 Å². The maximum Gasteiger partial charge on any atom is 0.390 e. The first kappa shape index (κ1) is 14.7. The van der Waals surface area contributed by atoms with Gasteiger partial charge in [-0.3, -0.25) is 0 Å². The van der Waals surface area contributed by atoms with E-state index in [1.807, 2.05) is 0 Å². The van der Waals surface area contributed by atoms with Gasteiger partial charge in [-0.05, 0) is 6.42 Å². The molecule has 0 atom stereocenters. The Morgan fingerprint density at radius 2 is 1.87 bits per heavy atom. The van der Waals surface area contributed by atoms with Gasteiger partial charge in [0.2, 0.25) is 10.0 Å². The summed E-state index contributed by atoms with van der Waals surface area (Å²) in [6.45, 7) is -0.885. The third kappa shape index (κ3) is 6.69. The Balaban J connectivity index is 4.14. The lowest BCUT2D eigenvalue weighted by atomic mass is 10.4. The van der Waals surface area contributed by atoms with Crippen LogP contribution in [0.4, 0.5) is 13.2 Å². The van der Waals surface area contributed by atoms with Crippen molar-refractivity contribution in [1.82, 2.24) is 4.31 Å². The Kier molecular flexibility index (Phi) is 5.54. The van der Waals surface area contributed by atoms with Gasteiger partial charge in [0.1, 0.15) is 0 Å². The summed E-state index contributed by atoms with van der Waals surface area (Å²) < 4.78 is 58.6. The molecule has 15 heavy (non-hydrogen) atoms. The first-order chi connectivity index (χ1) is 6.69. The van der Waals surface area contributed by atoms with Crippen molar-refractivity contribution >= 4 is 10.0 Å². The van der Waals surface area contributed by atoms with Gasteiger partial charge >= 0.3 is 6.18 Å². The molecule has 8 heteroatoms. The lowest BCUT2D eigenvalue weighted by Gasteiger charge is -2.17. The number of halogens is 3. The molecule has 0 aliphatic rings. The molecule has 0 bridgehead atoms. The lowest BCUT2D eigenvalue weighted by molar-refractivity contribution is -0.135.